The zero-order valence-electron chi connectivity index (χ0n) is 9.28. The Morgan fingerprint density at radius 3 is 3.00 bits per heavy atom. The van der Waals surface area contributed by atoms with Crippen molar-refractivity contribution in [1.82, 2.24) is 9.55 Å². The quantitative estimate of drug-likeness (QED) is 0.824. The Labute approximate surface area is 98.3 Å². The van der Waals surface area contributed by atoms with Gasteiger partial charge in [-0.3, -0.25) is 0 Å². The Morgan fingerprint density at radius 1 is 1.35 bits per heavy atom. The van der Waals surface area contributed by atoms with Crippen molar-refractivity contribution >= 4 is 11.0 Å². The summed E-state index contributed by atoms with van der Waals surface area (Å²) in [5.41, 5.74) is 0.716. The van der Waals surface area contributed by atoms with Crippen molar-refractivity contribution in [2.24, 2.45) is 0 Å². The molecule has 2 N–H and O–H groups in total. The van der Waals surface area contributed by atoms with Gasteiger partial charge in [-0.2, -0.15) is 4.98 Å². The molecule has 0 aliphatic carbocycles. The van der Waals surface area contributed by atoms with E-state index in [1.165, 1.54) is 0 Å². The molecule has 0 unspecified atom stereocenters. The van der Waals surface area contributed by atoms with Gasteiger partial charge in [0.2, 0.25) is 5.88 Å². The summed E-state index contributed by atoms with van der Waals surface area (Å²) in [5, 5.41) is 19.4. The van der Waals surface area contributed by atoms with Gasteiger partial charge >= 0.3 is 0 Å². The lowest BCUT2D eigenvalue weighted by molar-refractivity contribution is -0.0204. The molecule has 2 atom stereocenters. The van der Waals surface area contributed by atoms with Crippen LogP contribution in [-0.2, 0) is 4.74 Å². The van der Waals surface area contributed by atoms with Gasteiger partial charge in [-0.1, -0.05) is 0 Å². The predicted molar refractivity (Wildman–Crippen MR) is 61.6 cm³/mol. The van der Waals surface area contributed by atoms with Crippen LogP contribution in [0.1, 0.15) is 19.1 Å². The molecule has 2 aromatic heterocycles. The van der Waals surface area contributed by atoms with Crippen molar-refractivity contribution in [3.05, 3.63) is 24.4 Å². The molecule has 5 nitrogen and oxygen atoms in total. The molecule has 0 bridgehead atoms. The number of fused-ring (bicyclic) bond motifs is 1. The third kappa shape index (κ3) is 1.77. The number of rotatable bonds is 2. The van der Waals surface area contributed by atoms with Crippen LogP contribution >= 0.6 is 0 Å². The highest BCUT2D eigenvalue weighted by Gasteiger charge is 2.26. The number of aromatic nitrogens is 2. The van der Waals surface area contributed by atoms with E-state index in [2.05, 4.69) is 4.98 Å². The maximum atomic E-state index is 9.41. The van der Waals surface area contributed by atoms with E-state index in [1.54, 1.807) is 6.07 Å². The Bertz CT molecular complexity index is 538. The van der Waals surface area contributed by atoms with Gasteiger partial charge in [0.1, 0.15) is 11.9 Å². The highest BCUT2D eigenvalue weighted by atomic mass is 16.5. The van der Waals surface area contributed by atoms with Crippen molar-refractivity contribution in [3.8, 4) is 5.88 Å². The van der Waals surface area contributed by atoms with Gasteiger partial charge in [-0.05, 0) is 25.0 Å². The van der Waals surface area contributed by atoms with Crippen molar-refractivity contribution in [2.45, 2.75) is 25.2 Å². The van der Waals surface area contributed by atoms with Crippen LogP contribution in [0.2, 0.25) is 0 Å². The van der Waals surface area contributed by atoms with Crippen LogP contribution in [-0.4, -0.2) is 32.5 Å². The first kappa shape index (κ1) is 10.6. The molecule has 17 heavy (non-hydrogen) atoms. The summed E-state index contributed by atoms with van der Waals surface area (Å²) in [4.78, 5) is 4.11. The molecule has 0 spiro atoms. The van der Waals surface area contributed by atoms with Crippen LogP contribution < -0.4 is 0 Å². The summed E-state index contributed by atoms with van der Waals surface area (Å²) in [6.45, 7) is 0.0500. The first-order chi connectivity index (χ1) is 8.28. The number of aromatic hydroxyl groups is 1. The molecule has 5 heteroatoms. The minimum Gasteiger partial charge on any atom is -0.493 e. The van der Waals surface area contributed by atoms with Crippen LogP contribution in [0.4, 0.5) is 0 Å². The molecule has 0 aromatic carbocycles. The molecular weight excluding hydrogens is 220 g/mol. The van der Waals surface area contributed by atoms with E-state index in [0.29, 0.717) is 5.65 Å². The molecule has 1 aliphatic heterocycles. The number of aliphatic hydroxyl groups excluding tert-OH is 1. The predicted octanol–water partition coefficient (Wildman–Crippen LogP) is 1.41. The van der Waals surface area contributed by atoms with E-state index < -0.39 is 0 Å². The number of aliphatic hydroxyl groups is 1. The molecular formula is C12H14N2O3. The van der Waals surface area contributed by atoms with E-state index >= 15 is 0 Å². The first-order valence-corrected chi connectivity index (χ1v) is 5.71. The standard InChI is InChI=1S/C12H14N2O3/c15-7-9-2-4-11(17-9)14-6-5-8-1-3-10(16)13-12(8)14/h1,3,5-6,9,11,15H,2,4,7H2,(H,13,16)/t9-,11-/m0/s1. The molecule has 0 amide bonds. The summed E-state index contributed by atoms with van der Waals surface area (Å²) in [7, 11) is 0. The number of ether oxygens (including phenoxy) is 1. The van der Waals surface area contributed by atoms with Gasteiger partial charge in [-0.15, -0.1) is 0 Å². The Balaban J connectivity index is 1.98. The molecule has 3 heterocycles. The maximum absolute atomic E-state index is 9.41. The van der Waals surface area contributed by atoms with Gasteiger partial charge in [0, 0.05) is 17.6 Å². The fourth-order valence-electron chi connectivity index (χ4n) is 2.28. The molecule has 1 saturated heterocycles. The van der Waals surface area contributed by atoms with Crippen LogP contribution in [0.15, 0.2) is 24.4 Å². The topological polar surface area (TPSA) is 67.5 Å². The van der Waals surface area contributed by atoms with Crippen molar-refractivity contribution < 1.29 is 14.9 Å². The van der Waals surface area contributed by atoms with Crippen molar-refractivity contribution in [3.63, 3.8) is 0 Å². The average molecular weight is 234 g/mol. The van der Waals surface area contributed by atoms with E-state index in [0.717, 1.165) is 18.2 Å². The largest absolute Gasteiger partial charge is 0.493 e. The monoisotopic (exact) mass is 234 g/mol. The smallest absolute Gasteiger partial charge is 0.212 e. The molecule has 2 aromatic rings. The van der Waals surface area contributed by atoms with Crippen LogP contribution in [0.3, 0.4) is 0 Å². The lowest BCUT2D eigenvalue weighted by Crippen LogP contribution is -2.14. The molecule has 0 saturated carbocycles. The highest BCUT2D eigenvalue weighted by Crippen LogP contribution is 2.31. The Morgan fingerprint density at radius 2 is 2.24 bits per heavy atom. The average Bonchev–Trinajstić information content (AvgIpc) is 2.93. The van der Waals surface area contributed by atoms with Crippen molar-refractivity contribution in [1.29, 1.82) is 0 Å². The zero-order chi connectivity index (χ0) is 11.8. The number of pyridine rings is 1. The minimum atomic E-state index is -0.0982. The van der Waals surface area contributed by atoms with Crippen LogP contribution in [0.5, 0.6) is 5.88 Å². The second-order valence-electron chi connectivity index (χ2n) is 4.28. The number of nitrogens with zero attached hydrogens (tertiary/aromatic N) is 2. The third-order valence-electron chi connectivity index (χ3n) is 3.15. The first-order valence-electron chi connectivity index (χ1n) is 5.71. The van der Waals surface area contributed by atoms with Gasteiger partial charge < -0.3 is 19.5 Å². The molecule has 1 fully saturated rings. The summed E-state index contributed by atoms with van der Waals surface area (Å²) in [5.74, 6) is 0.00848. The molecule has 0 radical (unpaired) electrons. The van der Waals surface area contributed by atoms with Gasteiger partial charge in [-0.25, -0.2) is 0 Å². The molecule has 90 valence electrons. The summed E-state index contributed by atoms with van der Waals surface area (Å²) < 4.78 is 7.60. The number of hydrogen-bond acceptors (Lipinski definition) is 4. The Hall–Kier alpha value is -1.59. The maximum Gasteiger partial charge on any atom is 0.212 e. The van der Waals surface area contributed by atoms with Crippen molar-refractivity contribution in [2.75, 3.05) is 6.61 Å². The normalized spacial score (nSPS) is 24.5. The summed E-state index contributed by atoms with van der Waals surface area (Å²) >= 11 is 0. The fraction of sp³-hybridized carbons (Fsp3) is 0.417. The third-order valence-corrected chi connectivity index (χ3v) is 3.15. The van der Waals surface area contributed by atoms with E-state index in [1.807, 2.05) is 22.9 Å². The minimum absolute atomic E-state index is 0.00848. The van der Waals surface area contributed by atoms with Crippen LogP contribution in [0.25, 0.3) is 11.0 Å². The SMILES string of the molecule is OC[C@@H]1CC[C@@H](n2ccc3ccc(O)nc32)O1. The van der Waals surface area contributed by atoms with Crippen LogP contribution in [0, 0.1) is 0 Å². The van der Waals surface area contributed by atoms with Gasteiger partial charge in [0.05, 0.1) is 12.7 Å². The Kier molecular flexibility index (Phi) is 2.49. The lowest BCUT2D eigenvalue weighted by atomic mass is 10.2. The van der Waals surface area contributed by atoms with E-state index in [4.69, 9.17) is 9.84 Å². The van der Waals surface area contributed by atoms with Gasteiger partial charge in [0.25, 0.3) is 0 Å². The summed E-state index contributed by atoms with van der Waals surface area (Å²) in [6.07, 6.45) is 3.42. The molecule has 1 aliphatic rings. The summed E-state index contributed by atoms with van der Waals surface area (Å²) in [6, 6.07) is 5.34. The van der Waals surface area contributed by atoms with E-state index in [-0.39, 0.29) is 24.8 Å². The zero-order valence-corrected chi connectivity index (χ0v) is 9.28. The van der Waals surface area contributed by atoms with Gasteiger partial charge in [0.15, 0.2) is 0 Å². The fourth-order valence-corrected chi connectivity index (χ4v) is 2.28. The lowest BCUT2D eigenvalue weighted by Gasteiger charge is -2.14. The molecule has 3 rings (SSSR count). The highest BCUT2D eigenvalue weighted by molar-refractivity contribution is 5.76. The number of hydrogen-bond donors (Lipinski definition) is 2. The van der Waals surface area contributed by atoms with E-state index in [9.17, 15) is 5.11 Å². The second kappa shape index (κ2) is 4.01. The second-order valence-corrected chi connectivity index (χ2v) is 4.28.